The number of aryl methyl sites for hydroxylation is 2. The summed E-state index contributed by atoms with van der Waals surface area (Å²) in [5, 5.41) is 23.9. The molecule has 4 aliphatic rings. The SMILES string of the molecule is CN[C@@H](C)C(=O)N[C@H](C(=O)N1C[C@@H](NC(=O)COCCNC(=O)c2ccc(-c3[nH]c4ncc5c(c4c3-c3ccc4c(cnn4C(C)C)c3)n([C@@H]3CC[C@@H](NC(=O)OC)C3)c(=O)n5C)cc2F)C[C@H]1C(=O)N[C@@H]1CCCc2ccccc21)C1CCCCC1. The number of aromatic amines is 1. The molecule has 5 heterocycles. The van der Waals surface area contributed by atoms with Crippen molar-refractivity contribution < 1.29 is 42.6 Å². The van der Waals surface area contributed by atoms with Crippen molar-refractivity contribution in [1.82, 2.24) is 65.7 Å². The number of alkyl carbamates (subject to hydrolysis) is 1. The van der Waals surface area contributed by atoms with E-state index in [4.69, 9.17) is 14.5 Å². The fourth-order valence-electron chi connectivity index (χ4n) is 13.7. The number of aromatic nitrogens is 6. The van der Waals surface area contributed by atoms with Crippen LogP contribution in [0, 0.1) is 11.7 Å². The van der Waals surface area contributed by atoms with Gasteiger partial charge in [0.1, 0.15) is 30.2 Å². The molecular formula is C64H78FN13O9. The minimum atomic E-state index is -0.916. The van der Waals surface area contributed by atoms with Crippen molar-refractivity contribution in [3.05, 3.63) is 106 Å². The number of nitrogens with one attached hydrogen (secondary N) is 7. The normalized spacial score (nSPS) is 20.4. The van der Waals surface area contributed by atoms with Gasteiger partial charge in [0, 0.05) is 60.8 Å². The minimum Gasteiger partial charge on any atom is -0.453 e. The molecule has 3 fully saturated rings. The zero-order chi connectivity index (χ0) is 61.2. The van der Waals surface area contributed by atoms with Gasteiger partial charge in [-0.3, -0.25) is 37.8 Å². The molecule has 22 nitrogen and oxygen atoms in total. The van der Waals surface area contributed by atoms with E-state index in [9.17, 15) is 33.6 Å². The van der Waals surface area contributed by atoms with Crippen LogP contribution in [-0.2, 0) is 42.1 Å². The number of hydrogen-bond acceptors (Lipinski definition) is 12. The molecule has 1 aliphatic heterocycles. The van der Waals surface area contributed by atoms with Gasteiger partial charge in [0.2, 0.25) is 23.6 Å². The largest absolute Gasteiger partial charge is 0.453 e. The Morgan fingerprint density at radius 2 is 1.64 bits per heavy atom. The van der Waals surface area contributed by atoms with E-state index < -0.39 is 54.5 Å². The first-order chi connectivity index (χ1) is 42.0. The van der Waals surface area contributed by atoms with Crippen molar-refractivity contribution in [3.63, 3.8) is 0 Å². The molecule has 87 heavy (non-hydrogen) atoms. The van der Waals surface area contributed by atoms with Gasteiger partial charge >= 0.3 is 11.8 Å². The number of nitrogens with zero attached hydrogens (tertiary/aromatic N) is 6. The maximum absolute atomic E-state index is 16.5. The Morgan fingerprint density at radius 3 is 2.41 bits per heavy atom. The van der Waals surface area contributed by atoms with E-state index >= 15 is 4.39 Å². The van der Waals surface area contributed by atoms with Gasteiger partial charge < -0.3 is 51.3 Å². The second-order valence-corrected chi connectivity index (χ2v) is 24.1. The van der Waals surface area contributed by atoms with Crippen molar-refractivity contribution in [2.45, 2.75) is 146 Å². The van der Waals surface area contributed by atoms with Gasteiger partial charge in [0.15, 0.2) is 0 Å². The summed E-state index contributed by atoms with van der Waals surface area (Å²) in [5.41, 5.74) is 6.70. The van der Waals surface area contributed by atoms with Crippen LogP contribution in [0.1, 0.15) is 131 Å². The molecule has 7 aromatic rings. The van der Waals surface area contributed by atoms with Crippen LogP contribution in [-0.4, -0.2) is 140 Å². The highest BCUT2D eigenvalue weighted by Crippen LogP contribution is 2.44. The second-order valence-electron chi connectivity index (χ2n) is 24.1. The van der Waals surface area contributed by atoms with Gasteiger partial charge in [-0.2, -0.15) is 5.10 Å². The summed E-state index contributed by atoms with van der Waals surface area (Å²) < 4.78 is 32.4. The van der Waals surface area contributed by atoms with E-state index in [-0.39, 0.29) is 85.2 Å². The average molecular weight is 1190 g/mol. The van der Waals surface area contributed by atoms with Gasteiger partial charge in [-0.05, 0) is 132 Å². The molecule has 3 aliphatic carbocycles. The van der Waals surface area contributed by atoms with Crippen LogP contribution in [0.4, 0.5) is 9.18 Å². The number of halogens is 1. The van der Waals surface area contributed by atoms with E-state index in [1.54, 1.807) is 48.6 Å². The number of hydrogen-bond donors (Lipinski definition) is 7. The Hall–Kier alpha value is -8.44. The molecule has 4 aromatic heterocycles. The van der Waals surface area contributed by atoms with E-state index in [2.05, 4.69) is 61.9 Å². The molecule has 23 heteroatoms. The van der Waals surface area contributed by atoms with Crippen molar-refractivity contribution in [2.75, 3.05) is 40.5 Å². The number of pyridine rings is 1. The summed E-state index contributed by atoms with van der Waals surface area (Å²) in [6.07, 6.45) is 11.8. The third-order valence-corrected chi connectivity index (χ3v) is 18.2. The van der Waals surface area contributed by atoms with Gasteiger partial charge in [-0.15, -0.1) is 0 Å². The summed E-state index contributed by atoms with van der Waals surface area (Å²) in [4.78, 5) is 106. The lowest BCUT2D eigenvalue weighted by Gasteiger charge is -2.35. The molecule has 1 saturated heterocycles. The Labute approximate surface area is 503 Å². The molecule has 7 atom stereocenters. The highest BCUT2D eigenvalue weighted by Gasteiger charge is 2.45. The third kappa shape index (κ3) is 12.3. The lowest BCUT2D eigenvalue weighted by molar-refractivity contribution is -0.143. The van der Waals surface area contributed by atoms with Crippen LogP contribution in [0.15, 0.2) is 77.9 Å². The Bertz CT molecular complexity index is 3820. The standard InChI is InChI=1S/C64H78FN13O9/c1-35(2)78-49-24-20-39(27-41(49)31-69-78)53-54-57-51(75(5)64(85)77(57)44-22-21-42(29-44)71-63(84)86-6)32-68-58(54)73-55(53)40-19-23-46(47(65)28-40)60(81)67-25-26-87-34-52(79)70-43-30-50(61(82)72-48-18-12-16-37-13-10-11-17-45(37)48)76(33-43)62(83)56(38-14-8-7-9-15-38)74-59(80)36(3)66-4/h10-11,13,17,19-20,23-24,27-28,31-32,35-36,38,42-44,48,50,56,66H,7-9,12,14-16,18,21-22,25-26,29-30,33-34H2,1-6H3,(H,67,81)(H,68,73)(H,70,79)(H,71,84)(H,72,82)(H,74,80)/t36-,42+,43-,44+,48+,50-,56-/m0/s1. The summed E-state index contributed by atoms with van der Waals surface area (Å²) in [7, 11) is 4.69. The number of H-pyrrole nitrogens is 1. The van der Waals surface area contributed by atoms with E-state index in [1.165, 1.54) is 29.7 Å². The van der Waals surface area contributed by atoms with Crippen molar-refractivity contribution in [1.29, 1.82) is 0 Å². The Balaban J connectivity index is 0.778. The maximum atomic E-state index is 16.5. The van der Waals surface area contributed by atoms with Crippen molar-refractivity contribution in [2.24, 2.45) is 13.0 Å². The highest BCUT2D eigenvalue weighted by molar-refractivity contribution is 6.15. The van der Waals surface area contributed by atoms with Crippen molar-refractivity contribution in [3.8, 4) is 22.4 Å². The summed E-state index contributed by atoms with van der Waals surface area (Å²) >= 11 is 0. The summed E-state index contributed by atoms with van der Waals surface area (Å²) in [6, 6.07) is 14.8. The van der Waals surface area contributed by atoms with Gasteiger partial charge in [-0.1, -0.05) is 55.7 Å². The number of carbonyl (C=O) groups is 6. The lowest BCUT2D eigenvalue weighted by atomic mass is 9.83. The topological polar surface area (TPSA) is 270 Å². The molecular weight excluding hydrogens is 1110 g/mol. The fourth-order valence-corrected chi connectivity index (χ4v) is 13.7. The van der Waals surface area contributed by atoms with Gasteiger partial charge in [0.25, 0.3) is 5.91 Å². The van der Waals surface area contributed by atoms with Gasteiger partial charge in [0.05, 0.1) is 71.4 Å². The molecule has 460 valence electrons. The van der Waals surface area contributed by atoms with Crippen molar-refractivity contribution >= 4 is 68.6 Å². The number of likely N-dealkylation sites (N-methyl/N-ethyl adjacent to an activating group) is 1. The monoisotopic (exact) mass is 1190 g/mol. The molecule has 6 amide bonds. The fraction of sp³-hybridized carbons (Fsp3) is 0.484. The first-order valence-corrected chi connectivity index (χ1v) is 30.6. The number of rotatable bonds is 19. The van der Waals surface area contributed by atoms with Gasteiger partial charge in [-0.25, -0.2) is 19.0 Å². The van der Waals surface area contributed by atoms with E-state index in [0.29, 0.717) is 58.2 Å². The van der Waals surface area contributed by atoms with E-state index in [1.807, 2.05) is 41.1 Å². The molecule has 0 bridgehead atoms. The zero-order valence-electron chi connectivity index (χ0n) is 50.2. The van der Waals surface area contributed by atoms with E-state index in [0.717, 1.165) is 73.4 Å². The molecule has 0 unspecified atom stereocenters. The smallest absolute Gasteiger partial charge is 0.407 e. The zero-order valence-corrected chi connectivity index (χ0v) is 50.2. The predicted molar refractivity (Wildman–Crippen MR) is 326 cm³/mol. The highest BCUT2D eigenvalue weighted by atomic mass is 19.1. The molecule has 0 radical (unpaired) electrons. The van der Waals surface area contributed by atoms with Crippen LogP contribution in [0.5, 0.6) is 0 Å². The average Bonchev–Trinajstić information content (AvgIpc) is 1.60. The number of ether oxygens (including phenoxy) is 2. The maximum Gasteiger partial charge on any atom is 0.407 e. The Morgan fingerprint density at radius 1 is 0.851 bits per heavy atom. The van der Waals surface area contributed by atoms with Crippen LogP contribution in [0.25, 0.3) is 55.4 Å². The minimum absolute atomic E-state index is 0.0447. The van der Waals surface area contributed by atoms with Crippen LogP contribution in [0.2, 0.25) is 0 Å². The first kappa shape index (κ1) is 60.3. The van der Waals surface area contributed by atoms with Crippen LogP contribution >= 0.6 is 0 Å². The molecule has 2 saturated carbocycles. The van der Waals surface area contributed by atoms with Crippen LogP contribution < -0.4 is 37.6 Å². The van der Waals surface area contributed by atoms with Crippen LogP contribution in [0.3, 0.4) is 0 Å². The summed E-state index contributed by atoms with van der Waals surface area (Å²) in [6.45, 7) is 5.33. The molecule has 0 spiro atoms. The second kappa shape index (κ2) is 25.9. The predicted octanol–water partition coefficient (Wildman–Crippen LogP) is 6.77. The number of likely N-dealkylation sites (tertiary alicyclic amines) is 1. The third-order valence-electron chi connectivity index (χ3n) is 18.2. The molecule has 11 rings (SSSR count). The molecule has 3 aromatic carbocycles. The number of fused-ring (bicyclic) bond motifs is 5. The summed E-state index contributed by atoms with van der Waals surface area (Å²) in [5.74, 6) is -3.09. The number of methoxy groups -OCH3 is 1. The molecule has 7 N–H and O–H groups in total. The number of carbonyl (C=O) groups excluding carboxylic acids is 6. The lowest BCUT2D eigenvalue weighted by Crippen LogP contribution is -2.58. The number of benzene rings is 3. The number of imidazole rings is 1. The quantitative estimate of drug-likeness (QED) is 0.0414. The number of amides is 6. The first-order valence-electron chi connectivity index (χ1n) is 30.6. The Kier molecular flexibility index (Phi) is 17.9.